The third-order valence-corrected chi connectivity index (χ3v) is 8.91. The highest BCUT2D eigenvalue weighted by Crippen LogP contribution is 2.52. The number of sulfonamides is 1. The summed E-state index contributed by atoms with van der Waals surface area (Å²) in [5.41, 5.74) is 0.669. The second-order valence-electron chi connectivity index (χ2n) is 9.73. The maximum Gasteiger partial charge on any atom is 0.268 e. The molecule has 0 radical (unpaired) electrons. The molecular weight excluding hydrogens is 489 g/mol. The van der Waals surface area contributed by atoms with Gasteiger partial charge in [-0.3, -0.25) is 4.72 Å². The summed E-state index contributed by atoms with van der Waals surface area (Å²) in [7, 11) is -4.73. The molecule has 1 N–H and O–H groups in total. The molecule has 1 unspecified atom stereocenters. The first-order valence-corrected chi connectivity index (χ1v) is 13.3. The zero-order valence-corrected chi connectivity index (χ0v) is 20.1. The minimum absolute atomic E-state index is 0.138. The van der Waals surface area contributed by atoms with Gasteiger partial charge in [-0.2, -0.15) is 4.39 Å². The Morgan fingerprint density at radius 1 is 1.18 bits per heavy atom. The number of halogens is 4. The summed E-state index contributed by atoms with van der Waals surface area (Å²) in [6, 6.07) is 4.37. The van der Waals surface area contributed by atoms with Crippen molar-refractivity contribution in [3.8, 4) is 0 Å². The van der Waals surface area contributed by atoms with Crippen LogP contribution in [-0.4, -0.2) is 51.0 Å². The summed E-state index contributed by atoms with van der Waals surface area (Å²) < 4.78 is 70.5. The van der Waals surface area contributed by atoms with Gasteiger partial charge in [0.2, 0.25) is 5.95 Å². The lowest BCUT2D eigenvalue weighted by atomic mass is 9.94. The highest BCUT2D eigenvalue weighted by atomic mass is 35.5. The van der Waals surface area contributed by atoms with Crippen LogP contribution in [0.1, 0.15) is 32.1 Å². The molecule has 1 atom stereocenters. The Morgan fingerprint density at radius 2 is 1.97 bits per heavy atom. The number of aromatic nitrogens is 1. The van der Waals surface area contributed by atoms with Crippen LogP contribution in [0.5, 0.6) is 0 Å². The number of hydrogen-bond acceptors (Lipinski definition) is 5. The van der Waals surface area contributed by atoms with E-state index in [4.69, 9.17) is 11.6 Å². The van der Waals surface area contributed by atoms with E-state index in [1.54, 1.807) is 0 Å². The van der Waals surface area contributed by atoms with E-state index in [2.05, 4.69) is 9.88 Å². The summed E-state index contributed by atoms with van der Waals surface area (Å²) in [4.78, 5) is 6.47. The van der Waals surface area contributed by atoms with Crippen molar-refractivity contribution < 1.29 is 21.6 Å². The summed E-state index contributed by atoms with van der Waals surface area (Å²) in [5.74, 6) is -3.63. The van der Waals surface area contributed by atoms with E-state index < -0.39 is 43.3 Å². The number of anilines is 2. The van der Waals surface area contributed by atoms with Gasteiger partial charge >= 0.3 is 0 Å². The summed E-state index contributed by atoms with van der Waals surface area (Å²) in [6.07, 6.45) is 6.03. The van der Waals surface area contributed by atoms with Crippen LogP contribution in [-0.2, 0) is 10.0 Å². The van der Waals surface area contributed by atoms with Gasteiger partial charge in [-0.05, 0) is 62.1 Å². The van der Waals surface area contributed by atoms with Gasteiger partial charge in [0.25, 0.3) is 10.0 Å². The van der Waals surface area contributed by atoms with Crippen LogP contribution in [0.3, 0.4) is 0 Å². The van der Waals surface area contributed by atoms with Crippen molar-refractivity contribution in [3.63, 3.8) is 0 Å². The molecule has 11 heteroatoms. The minimum Gasteiger partial charge on any atom is -0.370 e. The third-order valence-electron chi connectivity index (χ3n) is 7.16. The highest BCUT2D eigenvalue weighted by Gasteiger charge is 2.45. The van der Waals surface area contributed by atoms with Crippen LogP contribution in [0.25, 0.3) is 0 Å². The topological polar surface area (TPSA) is 65.5 Å². The van der Waals surface area contributed by atoms with Gasteiger partial charge in [0.05, 0.1) is 5.69 Å². The van der Waals surface area contributed by atoms with E-state index in [0.717, 1.165) is 38.2 Å². The molecule has 184 valence electrons. The Kier molecular flexibility index (Phi) is 6.18. The average molecular weight is 515 g/mol. The SMILES string of the molecule is O=S(=O)(Nc1cccc(F)n1)c1c(F)cc(N2CCC(CN3CCCC4(CC4)C3)C2)c(Cl)c1F. The van der Waals surface area contributed by atoms with Crippen LogP contribution >= 0.6 is 11.6 Å². The fraction of sp³-hybridized carbons (Fsp3) is 0.522. The van der Waals surface area contributed by atoms with Crippen molar-refractivity contribution >= 4 is 33.1 Å². The molecule has 0 amide bonds. The van der Waals surface area contributed by atoms with Gasteiger partial charge < -0.3 is 9.80 Å². The molecule has 2 aromatic rings. The predicted octanol–water partition coefficient (Wildman–Crippen LogP) is 4.66. The number of nitrogens with zero attached hydrogens (tertiary/aromatic N) is 3. The van der Waals surface area contributed by atoms with Crippen molar-refractivity contribution in [3.05, 3.63) is 46.9 Å². The molecule has 3 fully saturated rings. The fourth-order valence-corrected chi connectivity index (χ4v) is 6.78. The number of piperidine rings is 1. The zero-order valence-electron chi connectivity index (χ0n) is 18.5. The van der Waals surface area contributed by atoms with Crippen LogP contribution in [0, 0.1) is 28.9 Å². The Morgan fingerprint density at radius 3 is 2.71 bits per heavy atom. The number of rotatable bonds is 6. The second kappa shape index (κ2) is 8.87. The molecule has 1 spiro atoms. The molecule has 1 aromatic carbocycles. The highest BCUT2D eigenvalue weighted by molar-refractivity contribution is 7.92. The third kappa shape index (κ3) is 4.72. The summed E-state index contributed by atoms with van der Waals surface area (Å²) in [6.45, 7) is 4.34. The van der Waals surface area contributed by atoms with E-state index in [1.165, 1.54) is 37.8 Å². The van der Waals surface area contributed by atoms with Crippen LogP contribution in [0.4, 0.5) is 24.7 Å². The first-order valence-electron chi connectivity index (χ1n) is 11.5. The normalized spacial score (nSPS) is 22.4. The molecule has 3 heterocycles. The quantitative estimate of drug-likeness (QED) is 0.449. The summed E-state index contributed by atoms with van der Waals surface area (Å²) in [5, 5.41) is -0.454. The smallest absolute Gasteiger partial charge is 0.268 e. The second-order valence-corrected chi connectivity index (χ2v) is 11.7. The minimum atomic E-state index is -4.73. The molecule has 0 bridgehead atoms. The number of hydrogen-bond donors (Lipinski definition) is 1. The lowest BCUT2D eigenvalue weighted by molar-refractivity contribution is 0.143. The Hall–Kier alpha value is -2.04. The monoisotopic (exact) mass is 514 g/mol. The first kappa shape index (κ1) is 23.7. The van der Waals surface area contributed by atoms with Gasteiger partial charge in [-0.25, -0.2) is 22.2 Å². The lowest BCUT2D eigenvalue weighted by Crippen LogP contribution is -2.40. The van der Waals surface area contributed by atoms with Gasteiger partial charge in [0.1, 0.15) is 16.7 Å². The maximum atomic E-state index is 15.1. The molecule has 1 saturated carbocycles. The maximum absolute atomic E-state index is 15.1. The number of pyridine rings is 1. The molecule has 2 saturated heterocycles. The molecule has 34 heavy (non-hydrogen) atoms. The van der Waals surface area contributed by atoms with E-state index >= 15 is 4.39 Å². The van der Waals surface area contributed by atoms with E-state index in [-0.39, 0.29) is 5.69 Å². The standard InChI is InChI=1S/C23H26ClF3N4O2S/c24-20-17(31-10-5-15(13-31)12-30-9-2-6-23(14-30)7-8-23)11-16(25)22(21(20)27)34(32,33)29-19-4-1-3-18(26)28-19/h1,3-4,11,15H,2,5-10,12-14H2,(H,28,29). The number of benzene rings is 1. The van der Waals surface area contributed by atoms with Crippen molar-refractivity contribution in [1.29, 1.82) is 0 Å². The first-order chi connectivity index (χ1) is 16.2. The Bertz CT molecular complexity index is 1210. The van der Waals surface area contributed by atoms with Gasteiger partial charge in [0.15, 0.2) is 10.7 Å². The molecular formula is C23H26ClF3N4O2S. The lowest BCUT2D eigenvalue weighted by Gasteiger charge is -2.34. The molecule has 1 aliphatic carbocycles. The largest absolute Gasteiger partial charge is 0.370 e. The van der Waals surface area contributed by atoms with Crippen LogP contribution in [0.2, 0.25) is 5.02 Å². The number of likely N-dealkylation sites (tertiary alicyclic amines) is 1. The fourth-order valence-electron chi connectivity index (χ4n) is 5.31. The van der Waals surface area contributed by atoms with Gasteiger partial charge in [-0.15, -0.1) is 0 Å². The average Bonchev–Trinajstić information content (AvgIpc) is 3.33. The van der Waals surface area contributed by atoms with Gasteiger partial charge in [0, 0.05) is 32.2 Å². The van der Waals surface area contributed by atoms with Crippen molar-refractivity contribution in [2.75, 3.05) is 42.3 Å². The van der Waals surface area contributed by atoms with Crippen molar-refractivity contribution in [2.24, 2.45) is 11.3 Å². The van der Waals surface area contributed by atoms with Gasteiger partial charge in [-0.1, -0.05) is 17.7 Å². The van der Waals surface area contributed by atoms with Crippen LogP contribution in [0.15, 0.2) is 29.2 Å². The summed E-state index contributed by atoms with van der Waals surface area (Å²) >= 11 is 6.21. The molecule has 3 aliphatic rings. The van der Waals surface area contributed by atoms with Crippen LogP contribution < -0.4 is 9.62 Å². The zero-order chi connectivity index (χ0) is 24.1. The Labute approximate surface area is 202 Å². The molecule has 2 aliphatic heterocycles. The van der Waals surface area contributed by atoms with E-state index in [9.17, 15) is 17.2 Å². The Balaban J connectivity index is 1.32. The van der Waals surface area contributed by atoms with E-state index in [0.29, 0.717) is 24.4 Å². The van der Waals surface area contributed by atoms with Crippen molar-refractivity contribution in [2.45, 2.75) is 37.0 Å². The molecule has 5 rings (SSSR count). The number of nitrogens with one attached hydrogen (secondary N) is 1. The molecule has 1 aromatic heterocycles. The molecule has 6 nitrogen and oxygen atoms in total. The van der Waals surface area contributed by atoms with Crippen molar-refractivity contribution in [1.82, 2.24) is 9.88 Å². The van der Waals surface area contributed by atoms with E-state index in [1.807, 2.05) is 9.62 Å². The predicted molar refractivity (Wildman–Crippen MR) is 124 cm³/mol.